The summed E-state index contributed by atoms with van der Waals surface area (Å²) in [6.45, 7) is 4.09. The van der Waals surface area contributed by atoms with Crippen LogP contribution in [0, 0.1) is 5.82 Å². The number of carbonyl (C=O) groups excluding carboxylic acids is 2. The van der Waals surface area contributed by atoms with E-state index in [0.29, 0.717) is 34.8 Å². The van der Waals surface area contributed by atoms with E-state index in [1.54, 1.807) is 24.5 Å². The number of nitrogens with zero attached hydrogens (tertiary/aromatic N) is 4. The van der Waals surface area contributed by atoms with E-state index < -0.39 is 5.82 Å². The van der Waals surface area contributed by atoms with Crippen molar-refractivity contribution in [1.82, 2.24) is 24.8 Å². The minimum absolute atomic E-state index is 0.00926. The lowest BCUT2D eigenvalue weighted by molar-refractivity contribution is 0.0940. The van der Waals surface area contributed by atoms with Crippen molar-refractivity contribution in [2.75, 3.05) is 11.9 Å². The van der Waals surface area contributed by atoms with Crippen LogP contribution in [-0.4, -0.2) is 37.8 Å². The number of rotatable bonds is 6. The fourth-order valence-electron chi connectivity index (χ4n) is 4.68. The molecule has 1 unspecified atom stereocenters. The summed E-state index contributed by atoms with van der Waals surface area (Å²) in [4.78, 5) is 37.7. The molecule has 9 heteroatoms. The van der Waals surface area contributed by atoms with Crippen LogP contribution in [0.3, 0.4) is 0 Å². The molecule has 1 saturated carbocycles. The van der Waals surface area contributed by atoms with E-state index in [-0.39, 0.29) is 29.3 Å². The molecule has 1 fully saturated rings. The van der Waals surface area contributed by atoms with Gasteiger partial charge >= 0.3 is 0 Å². The Balaban J connectivity index is 1.32. The molecule has 0 spiro atoms. The second kappa shape index (κ2) is 8.92. The number of hydrogen-bond acceptors (Lipinski definition) is 6. The minimum atomic E-state index is -0.610. The number of nitrogens with one attached hydrogen (secondary N) is 2. The second-order valence-corrected chi connectivity index (χ2v) is 9.70. The van der Waals surface area contributed by atoms with Crippen LogP contribution >= 0.6 is 0 Å². The topological polar surface area (TPSA) is 102 Å². The standard InChI is InChI=1S/C28H25FN6O2/c1-15-11-31-28(37)20-7-6-19(10-21(15)20)33-27-23(29)12-30-26(34-27)18-5-8-25(22(9-18)16(2)36)35-13-24(32-14-35)17-3-4-17/h5-10,12-15,17H,3-4,11H2,1-2H3,(H,31,37)(H,30,33,34). The molecule has 186 valence electrons. The van der Waals surface area contributed by atoms with Gasteiger partial charge in [-0.3, -0.25) is 9.59 Å². The molecule has 6 rings (SSSR count). The van der Waals surface area contributed by atoms with Gasteiger partial charge in [-0.25, -0.2) is 19.3 Å². The highest BCUT2D eigenvalue weighted by Crippen LogP contribution is 2.39. The molecule has 0 saturated heterocycles. The predicted octanol–water partition coefficient (Wildman–Crippen LogP) is 5.14. The van der Waals surface area contributed by atoms with Gasteiger partial charge in [-0.05, 0) is 67.6 Å². The zero-order valence-corrected chi connectivity index (χ0v) is 20.5. The fraction of sp³-hybridized carbons (Fsp3) is 0.250. The van der Waals surface area contributed by atoms with Gasteiger partial charge in [0, 0.05) is 41.0 Å². The second-order valence-electron chi connectivity index (χ2n) is 9.70. The maximum atomic E-state index is 14.7. The number of halogens is 1. The van der Waals surface area contributed by atoms with Crippen molar-refractivity contribution in [3.8, 4) is 17.1 Å². The van der Waals surface area contributed by atoms with E-state index in [0.717, 1.165) is 36.0 Å². The number of ketones is 1. The minimum Gasteiger partial charge on any atom is -0.351 e. The lowest BCUT2D eigenvalue weighted by Crippen LogP contribution is -2.33. The third-order valence-corrected chi connectivity index (χ3v) is 6.91. The van der Waals surface area contributed by atoms with E-state index in [2.05, 4.69) is 25.6 Å². The molecule has 8 nitrogen and oxygen atoms in total. The number of aromatic nitrogens is 4. The van der Waals surface area contributed by atoms with E-state index in [4.69, 9.17) is 0 Å². The summed E-state index contributed by atoms with van der Waals surface area (Å²) >= 11 is 0. The largest absolute Gasteiger partial charge is 0.351 e. The Morgan fingerprint density at radius 2 is 2.00 bits per heavy atom. The number of imidazole rings is 1. The molecule has 37 heavy (non-hydrogen) atoms. The molecule has 3 heterocycles. The fourth-order valence-corrected chi connectivity index (χ4v) is 4.68. The first-order chi connectivity index (χ1) is 17.9. The Bertz CT molecular complexity index is 1560. The molecular weight excluding hydrogens is 471 g/mol. The lowest BCUT2D eigenvalue weighted by atomic mass is 9.91. The molecule has 1 amide bonds. The summed E-state index contributed by atoms with van der Waals surface area (Å²) in [5.74, 6) is 0.116. The highest BCUT2D eigenvalue weighted by atomic mass is 19.1. The summed E-state index contributed by atoms with van der Waals surface area (Å²) in [6.07, 6.45) is 7.10. The average molecular weight is 497 g/mol. The Labute approximate surface area is 213 Å². The van der Waals surface area contributed by atoms with Crippen LogP contribution in [0.5, 0.6) is 0 Å². The van der Waals surface area contributed by atoms with Crippen LogP contribution in [0.25, 0.3) is 17.1 Å². The zero-order chi connectivity index (χ0) is 25.7. The van der Waals surface area contributed by atoms with Gasteiger partial charge in [-0.1, -0.05) is 6.92 Å². The molecule has 0 radical (unpaired) electrons. The third-order valence-electron chi connectivity index (χ3n) is 6.91. The first kappa shape index (κ1) is 23.0. The summed E-state index contributed by atoms with van der Waals surface area (Å²) in [7, 11) is 0. The van der Waals surface area contributed by atoms with Gasteiger partial charge in [0.05, 0.1) is 23.9 Å². The average Bonchev–Trinajstić information content (AvgIpc) is 3.63. The summed E-state index contributed by atoms with van der Waals surface area (Å²) in [6, 6.07) is 10.7. The van der Waals surface area contributed by atoms with E-state index >= 15 is 0 Å². The van der Waals surface area contributed by atoms with Crippen LogP contribution in [0.15, 0.2) is 55.1 Å². The van der Waals surface area contributed by atoms with Crippen LogP contribution in [0.1, 0.15) is 70.5 Å². The normalized spacial score (nSPS) is 16.7. The summed E-state index contributed by atoms with van der Waals surface area (Å²) in [5, 5.41) is 5.88. The van der Waals surface area contributed by atoms with Crippen molar-refractivity contribution >= 4 is 23.2 Å². The highest BCUT2D eigenvalue weighted by molar-refractivity contribution is 5.99. The van der Waals surface area contributed by atoms with Crippen molar-refractivity contribution in [3.63, 3.8) is 0 Å². The molecule has 1 aliphatic heterocycles. The molecule has 2 aromatic heterocycles. The quantitative estimate of drug-likeness (QED) is 0.359. The predicted molar refractivity (Wildman–Crippen MR) is 137 cm³/mol. The van der Waals surface area contributed by atoms with Crippen molar-refractivity contribution in [1.29, 1.82) is 0 Å². The first-order valence-electron chi connectivity index (χ1n) is 12.3. The molecule has 2 aromatic carbocycles. The SMILES string of the molecule is CC(=O)c1cc(-c2ncc(F)c(Nc3ccc4c(c3)C(C)CNC4=O)n2)ccc1-n1cnc(C2CC2)c1. The molecule has 4 aromatic rings. The third kappa shape index (κ3) is 4.37. The Kier molecular flexibility index (Phi) is 5.55. The van der Waals surface area contributed by atoms with Crippen LogP contribution in [-0.2, 0) is 0 Å². The van der Waals surface area contributed by atoms with Gasteiger partial charge in [0.15, 0.2) is 23.2 Å². The van der Waals surface area contributed by atoms with Crippen molar-refractivity contribution < 1.29 is 14.0 Å². The van der Waals surface area contributed by atoms with E-state index in [9.17, 15) is 14.0 Å². The van der Waals surface area contributed by atoms with Crippen molar-refractivity contribution in [2.45, 2.75) is 38.5 Å². The molecular formula is C28H25FN6O2. The molecule has 0 bridgehead atoms. The van der Waals surface area contributed by atoms with Crippen molar-refractivity contribution in [2.24, 2.45) is 0 Å². The molecule has 1 atom stereocenters. The summed E-state index contributed by atoms with van der Waals surface area (Å²) < 4.78 is 16.6. The van der Waals surface area contributed by atoms with Crippen LogP contribution in [0.2, 0.25) is 0 Å². The summed E-state index contributed by atoms with van der Waals surface area (Å²) in [5.41, 5.74) is 4.99. The molecule has 2 aliphatic rings. The van der Waals surface area contributed by atoms with Gasteiger partial charge in [0.1, 0.15) is 0 Å². The van der Waals surface area contributed by atoms with Gasteiger partial charge < -0.3 is 15.2 Å². The van der Waals surface area contributed by atoms with Gasteiger partial charge in [0.2, 0.25) is 0 Å². The Hall–Kier alpha value is -4.40. The smallest absolute Gasteiger partial charge is 0.251 e. The number of anilines is 2. The van der Waals surface area contributed by atoms with Gasteiger partial charge in [-0.15, -0.1) is 0 Å². The number of Topliss-reactive ketones (excluding diaryl/α,β-unsaturated/α-hetero) is 1. The number of carbonyl (C=O) groups is 2. The van der Waals surface area contributed by atoms with E-state index in [1.807, 2.05) is 35.9 Å². The Morgan fingerprint density at radius 1 is 1.16 bits per heavy atom. The molecule has 1 aliphatic carbocycles. The lowest BCUT2D eigenvalue weighted by Gasteiger charge is -2.23. The van der Waals surface area contributed by atoms with Gasteiger partial charge in [0.25, 0.3) is 5.91 Å². The number of hydrogen-bond donors (Lipinski definition) is 2. The number of fused-ring (bicyclic) bond motifs is 1. The molecule has 2 N–H and O–H groups in total. The van der Waals surface area contributed by atoms with Crippen molar-refractivity contribution in [3.05, 3.63) is 83.3 Å². The Morgan fingerprint density at radius 3 is 2.78 bits per heavy atom. The zero-order valence-electron chi connectivity index (χ0n) is 20.5. The first-order valence-corrected chi connectivity index (χ1v) is 12.3. The highest BCUT2D eigenvalue weighted by Gasteiger charge is 2.26. The number of benzene rings is 2. The van der Waals surface area contributed by atoms with Crippen LogP contribution in [0.4, 0.5) is 15.9 Å². The monoisotopic (exact) mass is 496 g/mol. The maximum Gasteiger partial charge on any atom is 0.251 e. The van der Waals surface area contributed by atoms with Gasteiger partial charge in [-0.2, -0.15) is 0 Å². The van der Waals surface area contributed by atoms with Crippen LogP contribution < -0.4 is 10.6 Å². The van der Waals surface area contributed by atoms with E-state index in [1.165, 1.54) is 6.92 Å². The number of amides is 1. The maximum absolute atomic E-state index is 14.7.